The molecule has 2 aliphatic rings. The molecule has 436 valence electrons. The maximum Gasteiger partial charge on any atom is 0.407 e. The maximum atomic E-state index is 13.8. The number of benzene rings is 4. The van der Waals surface area contributed by atoms with Crippen LogP contribution < -0.4 is 10.6 Å². The number of aliphatic hydroxyl groups is 2. The molecular formula is C57H76N6O15S2. The number of ether oxygens (including phenoxy) is 6. The van der Waals surface area contributed by atoms with Crippen LogP contribution in [0.25, 0.3) is 0 Å². The average molecular weight is 1150 g/mol. The van der Waals surface area contributed by atoms with Gasteiger partial charge in [-0.2, -0.15) is 19.1 Å². The number of hydrogen-bond donors (Lipinski definition) is 5. The lowest BCUT2D eigenvalue weighted by Crippen LogP contribution is -2.52. The molecule has 0 aromatic heterocycles. The number of rotatable bonds is 26. The standard InChI is InChI=1S/C29H39N3O7S.C28H37N3O8S/c1-22-10-12-25(13-11-22)40(35,36)32(20-29(2,3)14-7-15-30)17-27(33)26(16-23-8-5-4-6-9-23)31-28(34)39-24-18-37-21-38-19-24;1-28(2,13-6-14-29)19-31(40(35,36)24-11-9-22(32)10-12-24)16-26(33)25(15-21-7-4-3-5-8-21)30-27(34)39-23-17-37-20-38-18-23/h4-6,8-13,24,26-27,33H,7,14,16-21H2,1-3H3,(H,31,34);3-5,7-12,23,25-26,32-33H,6,13,15-20H2,1-2H3,(H,30,34). The fourth-order valence-electron chi connectivity index (χ4n) is 8.74. The zero-order valence-electron chi connectivity index (χ0n) is 46.0. The van der Waals surface area contributed by atoms with Gasteiger partial charge in [-0.25, -0.2) is 26.4 Å². The molecule has 2 fully saturated rings. The molecule has 5 N–H and O–H groups in total. The zero-order valence-corrected chi connectivity index (χ0v) is 47.6. The van der Waals surface area contributed by atoms with E-state index in [1.807, 2.05) is 95.3 Å². The molecule has 0 bridgehead atoms. The van der Waals surface area contributed by atoms with Gasteiger partial charge in [0.15, 0.2) is 12.2 Å². The fourth-order valence-corrected chi connectivity index (χ4v) is 12.0. The van der Waals surface area contributed by atoms with Crippen molar-refractivity contribution in [3.05, 3.63) is 126 Å². The number of hydrogen-bond acceptors (Lipinski definition) is 17. The summed E-state index contributed by atoms with van der Waals surface area (Å²) in [6.07, 6.45) is -3.50. The van der Waals surface area contributed by atoms with Crippen LogP contribution in [0.15, 0.2) is 119 Å². The lowest BCUT2D eigenvalue weighted by atomic mass is 9.88. The molecule has 4 aromatic rings. The number of carbonyl (C=O) groups is 2. The molecule has 2 aliphatic heterocycles. The Balaban J connectivity index is 0.000000294. The van der Waals surface area contributed by atoms with Gasteiger partial charge >= 0.3 is 12.2 Å². The van der Waals surface area contributed by atoms with Gasteiger partial charge in [0, 0.05) is 39.0 Å². The minimum absolute atomic E-state index is 0.00814. The van der Waals surface area contributed by atoms with Crippen molar-refractivity contribution >= 4 is 32.2 Å². The smallest absolute Gasteiger partial charge is 0.407 e. The number of nitriles is 2. The van der Waals surface area contributed by atoms with Crippen LogP contribution in [-0.2, 0) is 61.3 Å². The molecule has 2 amide bonds. The Bertz CT molecular complexity index is 2650. The van der Waals surface area contributed by atoms with Crippen molar-refractivity contribution < 1.29 is 70.2 Å². The van der Waals surface area contributed by atoms with Crippen molar-refractivity contribution in [3.63, 3.8) is 0 Å². The van der Waals surface area contributed by atoms with Gasteiger partial charge < -0.3 is 54.4 Å². The summed E-state index contributed by atoms with van der Waals surface area (Å²) in [7, 11) is -8.14. The highest BCUT2D eigenvalue weighted by Gasteiger charge is 2.37. The zero-order chi connectivity index (χ0) is 58.4. The Morgan fingerprint density at radius 3 is 1.31 bits per heavy atom. The molecular weight excluding hydrogens is 1070 g/mol. The molecule has 4 unspecified atom stereocenters. The van der Waals surface area contributed by atoms with E-state index in [9.17, 15) is 41.7 Å². The average Bonchev–Trinajstić information content (AvgIpc) is 3.42. The van der Waals surface area contributed by atoms with Crippen molar-refractivity contribution in [3.8, 4) is 17.9 Å². The summed E-state index contributed by atoms with van der Waals surface area (Å²) < 4.78 is 88.9. The Morgan fingerprint density at radius 2 is 0.963 bits per heavy atom. The number of phenolic OH excluding ortho intramolecular Hbond substituents is 1. The summed E-state index contributed by atoms with van der Waals surface area (Å²) in [6, 6.07) is 32.5. The number of alkyl carbamates (subject to hydrolysis) is 2. The number of phenols is 1. The first-order chi connectivity index (χ1) is 38.0. The quantitative estimate of drug-likeness (QED) is 0.0469. The molecule has 4 aromatic carbocycles. The molecule has 0 saturated carbocycles. The topological polar surface area (TPSA) is 297 Å². The number of sulfonamides is 2. The molecule has 23 heteroatoms. The lowest BCUT2D eigenvalue weighted by Gasteiger charge is -2.35. The normalized spacial score (nSPS) is 16.2. The van der Waals surface area contributed by atoms with E-state index in [1.165, 1.54) is 40.7 Å². The van der Waals surface area contributed by atoms with Crippen LogP contribution in [0.2, 0.25) is 0 Å². The van der Waals surface area contributed by atoms with Crippen LogP contribution in [0.5, 0.6) is 5.75 Å². The van der Waals surface area contributed by atoms with E-state index in [4.69, 9.17) is 38.9 Å². The minimum atomic E-state index is -4.13. The summed E-state index contributed by atoms with van der Waals surface area (Å²) in [6.45, 7) is 9.79. The third kappa shape index (κ3) is 21.4. The van der Waals surface area contributed by atoms with Gasteiger partial charge in [0.2, 0.25) is 20.0 Å². The molecule has 0 spiro atoms. The second-order valence-corrected chi connectivity index (χ2v) is 25.2. The van der Waals surface area contributed by atoms with Crippen LogP contribution in [-0.4, -0.2) is 156 Å². The molecule has 2 saturated heterocycles. The largest absolute Gasteiger partial charge is 0.508 e. The van der Waals surface area contributed by atoms with Gasteiger partial charge in [-0.05, 0) is 91.0 Å². The minimum Gasteiger partial charge on any atom is -0.508 e. The Morgan fingerprint density at radius 1 is 0.613 bits per heavy atom. The van der Waals surface area contributed by atoms with Gasteiger partial charge in [-0.3, -0.25) is 0 Å². The first-order valence-electron chi connectivity index (χ1n) is 26.3. The van der Waals surface area contributed by atoms with E-state index in [1.54, 1.807) is 12.1 Å². The second-order valence-electron chi connectivity index (χ2n) is 21.3. The third-order valence-electron chi connectivity index (χ3n) is 13.2. The van der Waals surface area contributed by atoms with Crippen LogP contribution in [0.4, 0.5) is 9.59 Å². The number of amides is 2. The fraction of sp³-hybridized carbons (Fsp3) is 0.509. The maximum absolute atomic E-state index is 13.8. The second kappa shape index (κ2) is 31.1. The van der Waals surface area contributed by atoms with Crippen molar-refractivity contribution in [2.45, 2.75) is 119 Å². The molecule has 21 nitrogen and oxygen atoms in total. The number of aryl methyl sites for hydroxylation is 1. The van der Waals surface area contributed by atoms with Gasteiger partial charge in [0.1, 0.15) is 19.3 Å². The number of nitrogens with zero attached hydrogens (tertiary/aromatic N) is 4. The lowest BCUT2D eigenvalue weighted by molar-refractivity contribution is -0.151. The number of carbonyl (C=O) groups excluding carboxylic acids is 2. The monoisotopic (exact) mass is 1150 g/mol. The summed E-state index contributed by atoms with van der Waals surface area (Å²) in [4.78, 5) is 25.6. The molecule has 2 heterocycles. The van der Waals surface area contributed by atoms with Crippen molar-refractivity contribution in [1.29, 1.82) is 10.5 Å². The van der Waals surface area contributed by atoms with E-state index < -0.39 is 79.6 Å². The number of aromatic hydroxyl groups is 1. The number of aliphatic hydroxyl groups excluding tert-OH is 2. The Hall–Kier alpha value is -6.22. The predicted octanol–water partition coefficient (Wildman–Crippen LogP) is 6.17. The van der Waals surface area contributed by atoms with Crippen molar-refractivity contribution in [2.75, 3.05) is 66.2 Å². The van der Waals surface area contributed by atoms with Crippen LogP contribution in [0.3, 0.4) is 0 Å². The molecule has 0 radical (unpaired) electrons. The molecule has 6 rings (SSSR count). The van der Waals surface area contributed by atoms with Gasteiger partial charge in [0.05, 0.1) is 72.6 Å². The molecule has 0 aliphatic carbocycles. The summed E-state index contributed by atoms with van der Waals surface area (Å²) in [5.74, 6) is -0.0840. The highest BCUT2D eigenvalue weighted by atomic mass is 32.2. The number of nitrogens with one attached hydrogen (secondary N) is 2. The Kier molecular flexibility index (Phi) is 25.1. The van der Waals surface area contributed by atoms with E-state index in [0.717, 1.165) is 21.0 Å². The first-order valence-corrected chi connectivity index (χ1v) is 29.2. The van der Waals surface area contributed by atoms with Crippen molar-refractivity contribution in [1.82, 2.24) is 19.2 Å². The SMILES string of the molecule is CC(C)(CCC#N)CN(CC(O)C(Cc1ccccc1)NC(=O)OC1COCOC1)S(=O)(=O)c1ccc(O)cc1.Cc1ccc(S(=O)(=O)N(CC(O)C(Cc2ccccc2)NC(=O)OC2COCOC2)CC(C)(C)CCC#N)cc1. The van der Waals surface area contributed by atoms with E-state index in [2.05, 4.69) is 22.8 Å². The molecule has 4 atom stereocenters. The van der Waals surface area contributed by atoms with Crippen LogP contribution in [0.1, 0.15) is 70.1 Å². The Labute approximate surface area is 470 Å². The third-order valence-corrected chi connectivity index (χ3v) is 16.8. The molecule has 80 heavy (non-hydrogen) atoms. The van der Waals surface area contributed by atoms with Crippen LogP contribution in [0, 0.1) is 40.4 Å². The van der Waals surface area contributed by atoms with E-state index >= 15 is 0 Å². The summed E-state index contributed by atoms with van der Waals surface area (Å²) in [5.41, 5.74) is 1.44. The van der Waals surface area contributed by atoms with E-state index in [0.29, 0.717) is 12.8 Å². The van der Waals surface area contributed by atoms with Crippen molar-refractivity contribution in [2.24, 2.45) is 10.8 Å². The van der Waals surface area contributed by atoms with Crippen LogP contribution >= 0.6 is 0 Å². The summed E-state index contributed by atoms with van der Waals surface area (Å²) >= 11 is 0. The van der Waals surface area contributed by atoms with Gasteiger partial charge in [-0.15, -0.1) is 0 Å². The summed E-state index contributed by atoms with van der Waals surface area (Å²) in [5, 5.41) is 56.1. The highest BCUT2D eigenvalue weighted by molar-refractivity contribution is 7.89. The first kappa shape index (κ1) is 64.6. The van der Waals surface area contributed by atoms with Gasteiger partial charge in [0.25, 0.3) is 0 Å². The predicted molar refractivity (Wildman–Crippen MR) is 294 cm³/mol. The van der Waals surface area contributed by atoms with Gasteiger partial charge in [-0.1, -0.05) is 106 Å². The highest BCUT2D eigenvalue weighted by Crippen LogP contribution is 2.30. The van der Waals surface area contributed by atoms with E-state index in [-0.39, 0.29) is 107 Å².